The zero-order valence-corrected chi connectivity index (χ0v) is 15.4. The summed E-state index contributed by atoms with van der Waals surface area (Å²) < 4.78 is 25.0. The summed E-state index contributed by atoms with van der Waals surface area (Å²) in [7, 11) is -3.43. The van der Waals surface area contributed by atoms with Gasteiger partial charge in [-0.2, -0.15) is 0 Å². The third-order valence-electron chi connectivity index (χ3n) is 3.91. The fourth-order valence-corrected chi connectivity index (χ4v) is 3.89. The summed E-state index contributed by atoms with van der Waals surface area (Å²) in [5.74, 6) is -0.335. The quantitative estimate of drug-likeness (QED) is 0.651. The van der Waals surface area contributed by atoms with Crippen molar-refractivity contribution in [2.24, 2.45) is 0 Å². The molecule has 27 heavy (non-hydrogen) atoms. The number of carbonyl (C=O) groups is 1. The molecule has 3 aromatic carbocycles. The van der Waals surface area contributed by atoms with Crippen molar-refractivity contribution in [3.8, 4) is 0 Å². The molecule has 0 aliphatic rings. The number of hydrogen-bond donors (Lipinski definition) is 1. The van der Waals surface area contributed by atoms with Crippen molar-refractivity contribution in [1.82, 2.24) is 0 Å². The topological polar surface area (TPSA) is 63.2 Å². The smallest absolute Gasteiger partial charge is 0.248 e. The molecule has 4 nitrogen and oxygen atoms in total. The molecule has 5 heteroatoms. The van der Waals surface area contributed by atoms with Gasteiger partial charge in [-0.15, -0.1) is 0 Å². The van der Waals surface area contributed by atoms with Crippen LogP contribution in [0.1, 0.15) is 11.1 Å². The van der Waals surface area contributed by atoms with E-state index < -0.39 is 9.84 Å². The van der Waals surface area contributed by atoms with Gasteiger partial charge in [0.25, 0.3) is 0 Å². The molecular weight excluding hydrogens is 358 g/mol. The van der Waals surface area contributed by atoms with E-state index in [1.54, 1.807) is 30.3 Å². The Morgan fingerprint density at radius 1 is 0.815 bits per heavy atom. The van der Waals surface area contributed by atoms with Gasteiger partial charge in [-0.05, 0) is 41.5 Å². The molecule has 0 saturated heterocycles. The first kappa shape index (κ1) is 18.6. The maximum Gasteiger partial charge on any atom is 0.248 e. The van der Waals surface area contributed by atoms with Crippen LogP contribution in [-0.2, 0) is 20.4 Å². The largest absolute Gasteiger partial charge is 0.323 e. The Bertz CT molecular complexity index is 1030. The van der Waals surface area contributed by atoms with Crippen molar-refractivity contribution >= 4 is 27.5 Å². The molecule has 3 aromatic rings. The molecule has 0 aliphatic carbocycles. The number of rotatable bonds is 6. The number of anilines is 1. The Kier molecular flexibility index (Phi) is 5.84. The van der Waals surface area contributed by atoms with Crippen LogP contribution in [0.4, 0.5) is 5.69 Å². The molecule has 3 rings (SSSR count). The molecule has 1 N–H and O–H groups in total. The molecular formula is C22H19NO3S. The van der Waals surface area contributed by atoms with Crippen molar-refractivity contribution in [3.63, 3.8) is 0 Å². The number of carbonyl (C=O) groups excluding carboxylic acids is 1. The SMILES string of the molecule is O=C(/C=C/c1ccccc1)Nc1ccc(S(=O)(=O)Cc2ccccc2)cc1. The van der Waals surface area contributed by atoms with E-state index in [0.717, 1.165) is 11.1 Å². The van der Waals surface area contributed by atoms with Gasteiger partial charge >= 0.3 is 0 Å². The number of nitrogens with one attached hydrogen (secondary N) is 1. The van der Waals surface area contributed by atoms with E-state index in [0.29, 0.717) is 5.69 Å². The van der Waals surface area contributed by atoms with Crippen molar-refractivity contribution in [2.75, 3.05) is 5.32 Å². The molecule has 0 aliphatic heterocycles. The zero-order chi connectivity index (χ0) is 19.1. The van der Waals surface area contributed by atoms with Crippen LogP contribution >= 0.6 is 0 Å². The lowest BCUT2D eigenvalue weighted by molar-refractivity contribution is -0.111. The molecule has 0 aromatic heterocycles. The average Bonchev–Trinajstić information content (AvgIpc) is 2.68. The van der Waals surface area contributed by atoms with Gasteiger partial charge in [-0.1, -0.05) is 60.7 Å². The second-order valence-electron chi connectivity index (χ2n) is 6.00. The van der Waals surface area contributed by atoms with E-state index >= 15 is 0 Å². The summed E-state index contributed by atoms with van der Waals surface area (Å²) in [6, 6.07) is 24.7. The first-order chi connectivity index (χ1) is 13.0. The minimum absolute atomic E-state index is 0.0562. The molecule has 0 saturated carbocycles. The molecule has 0 heterocycles. The fraction of sp³-hybridized carbons (Fsp3) is 0.0455. The standard InChI is InChI=1S/C22H19NO3S/c24-22(16-11-18-7-3-1-4-8-18)23-20-12-14-21(15-13-20)27(25,26)17-19-9-5-2-6-10-19/h1-16H,17H2,(H,23,24)/b16-11+. The van der Waals surface area contributed by atoms with Gasteiger partial charge < -0.3 is 5.32 Å². The number of sulfone groups is 1. The average molecular weight is 377 g/mol. The minimum atomic E-state index is -3.43. The molecule has 0 atom stereocenters. The number of amides is 1. The van der Waals surface area contributed by atoms with Crippen molar-refractivity contribution in [3.05, 3.63) is 102 Å². The predicted molar refractivity (Wildman–Crippen MR) is 108 cm³/mol. The van der Waals surface area contributed by atoms with Gasteiger partial charge in [-0.3, -0.25) is 4.79 Å². The first-order valence-corrected chi connectivity index (χ1v) is 10.1. The van der Waals surface area contributed by atoms with Gasteiger partial charge in [0.2, 0.25) is 5.91 Å². The second-order valence-corrected chi connectivity index (χ2v) is 7.99. The van der Waals surface area contributed by atoms with E-state index in [4.69, 9.17) is 0 Å². The Morgan fingerprint density at radius 3 is 2.04 bits per heavy atom. The third kappa shape index (κ3) is 5.39. The van der Waals surface area contributed by atoms with Crippen molar-refractivity contribution in [2.45, 2.75) is 10.6 Å². The lowest BCUT2D eigenvalue weighted by Gasteiger charge is -2.07. The maximum absolute atomic E-state index is 12.5. The number of hydrogen-bond acceptors (Lipinski definition) is 3. The van der Waals surface area contributed by atoms with E-state index in [1.165, 1.54) is 18.2 Å². The molecule has 1 amide bonds. The van der Waals surface area contributed by atoms with Crippen LogP contribution in [0.25, 0.3) is 6.08 Å². The van der Waals surface area contributed by atoms with E-state index in [-0.39, 0.29) is 16.6 Å². The van der Waals surface area contributed by atoms with Crippen LogP contribution in [0.15, 0.2) is 95.9 Å². The lowest BCUT2D eigenvalue weighted by Crippen LogP contribution is -2.08. The predicted octanol–water partition coefficient (Wildman–Crippen LogP) is 4.31. The van der Waals surface area contributed by atoms with Gasteiger partial charge in [0.15, 0.2) is 9.84 Å². The van der Waals surface area contributed by atoms with Gasteiger partial charge in [-0.25, -0.2) is 8.42 Å². The normalized spacial score (nSPS) is 11.4. The molecule has 0 unspecified atom stereocenters. The first-order valence-electron chi connectivity index (χ1n) is 8.44. The van der Waals surface area contributed by atoms with E-state index in [1.807, 2.05) is 48.5 Å². The monoisotopic (exact) mass is 377 g/mol. The third-order valence-corrected chi connectivity index (χ3v) is 5.61. The Hall–Kier alpha value is -3.18. The molecule has 0 fully saturated rings. The summed E-state index contributed by atoms with van der Waals surface area (Å²) in [5, 5.41) is 2.72. The highest BCUT2D eigenvalue weighted by Gasteiger charge is 2.15. The molecule has 136 valence electrons. The Balaban J connectivity index is 1.64. The van der Waals surface area contributed by atoms with Crippen molar-refractivity contribution in [1.29, 1.82) is 0 Å². The molecule has 0 bridgehead atoms. The van der Waals surface area contributed by atoms with E-state index in [2.05, 4.69) is 5.32 Å². The summed E-state index contributed by atoms with van der Waals surface area (Å²) in [5.41, 5.74) is 2.20. The second kappa shape index (κ2) is 8.47. The summed E-state index contributed by atoms with van der Waals surface area (Å²) >= 11 is 0. The summed E-state index contributed by atoms with van der Waals surface area (Å²) in [4.78, 5) is 12.2. The van der Waals surface area contributed by atoms with Crippen LogP contribution in [0.3, 0.4) is 0 Å². The fourth-order valence-electron chi connectivity index (χ4n) is 2.54. The number of benzene rings is 3. The minimum Gasteiger partial charge on any atom is -0.323 e. The zero-order valence-electron chi connectivity index (χ0n) is 14.6. The van der Waals surface area contributed by atoms with Gasteiger partial charge in [0.05, 0.1) is 10.6 Å². The maximum atomic E-state index is 12.5. The van der Waals surface area contributed by atoms with Crippen molar-refractivity contribution < 1.29 is 13.2 Å². The van der Waals surface area contributed by atoms with Crippen LogP contribution in [0.2, 0.25) is 0 Å². The summed E-state index contributed by atoms with van der Waals surface area (Å²) in [6.07, 6.45) is 3.16. The molecule has 0 radical (unpaired) electrons. The van der Waals surface area contributed by atoms with Gasteiger partial charge in [0, 0.05) is 11.8 Å². The van der Waals surface area contributed by atoms with E-state index in [9.17, 15) is 13.2 Å². The highest BCUT2D eigenvalue weighted by atomic mass is 32.2. The Morgan fingerprint density at radius 2 is 1.41 bits per heavy atom. The highest BCUT2D eigenvalue weighted by Crippen LogP contribution is 2.19. The lowest BCUT2D eigenvalue weighted by atomic mass is 10.2. The Labute approximate surface area is 159 Å². The van der Waals surface area contributed by atoms with Gasteiger partial charge in [0.1, 0.15) is 0 Å². The molecule has 0 spiro atoms. The van der Waals surface area contributed by atoms with Crippen LogP contribution in [-0.4, -0.2) is 14.3 Å². The summed E-state index contributed by atoms with van der Waals surface area (Å²) in [6.45, 7) is 0. The van der Waals surface area contributed by atoms with Crippen LogP contribution < -0.4 is 5.32 Å². The highest BCUT2D eigenvalue weighted by molar-refractivity contribution is 7.90. The van der Waals surface area contributed by atoms with Crippen LogP contribution in [0.5, 0.6) is 0 Å². The van der Waals surface area contributed by atoms with Crippen LogP contribution in [0, 0.1) is 0 Å².